The minimum atomic E-state index is -1.05. The van der Waals surface area contributed by atoms with Gasteiger partial charge in [-0.25, -0.2) is 9.59 Å². The molecule has 1 aromatic rings. The topological polar surface area (TPSA) is 101 Å². The second-order valence-electron chi connectivity index (χ2n) is 4.16. The van der Waals surface area contributed by atoms with Crippen LogP contribution in [0.3, 0.4) is 0 Å². The Balaban J connectivity index is 2.95. The number of carbonyl (C=O) groups excluding carboxylic acids is 1. The number of rotatable bonds is 6. The zero-order valence-electron chi connectivity index (χ0n) is 11.2. The fourth-order valence-corrected chi connectivity index (χ4v) is 1.67. The smallest absolute Gasteiger partial charge is 0.335 e. The number of hydrogen-bond acceptors (Lipinski definition) is 4. The maximum absolute atomic E-state index is 12.2. The van der Waals surface area contributed by atoms with E-state index < -0.39 is 5.97 Å². The second-order valence-corrected chi connectivity index (χ2v) is 4.16. The minimum Gasteiger partial charge on any atom is -0.478 e. The first kappa shape index (κ1) is 15.9. The van der Waals surface area contributed by atoms with Gasteiger partial charge < -0.3 is 20.2 Å². The molecule has 0 aliphatic heterocycles. The zero-order valence-corrected chi connectivity index (χ0v) is 11.2. The van der Waals surface area contributed by atoms with Gasteiger partial charge in [0.05, 0.1) is 25.3 Å². The Kier molecular flexibility index (Phi) is 5.95. The van der Waals surface area contributed by atoms with Crippen LogP contribution in [0.4, 0.5) is 10.5 Å². The number of aromatic carboxylic acids is 1. The lowest BCUT2D eigenvalue weighted by Crippen LogP contribution is -2.43. The van der Waals surface area contributed by atoms with Gasteiger partial charge >= 0.3 is 12.0 Å². The Bertz CT molecular complexity index is 460. The maximum atomic E-state index is 12.2. The highest BCUT2D eigenvalue weighted by atomic mass is 16.4. The first-order valence-electron chi connectivity index (χ1n) is 6.09. The quantitative estimate of drug-likeness (QED) is 0.693. The molecule has 0 radical (unpaired) electrons. The van der Waals surface area contributed by atoms with Gasteiger partial charge in [0.1, 0.15) is 0 Å². The summed E-state index contributed by atoms with van der Waals surface area (Å²) in [6.07, 6.45) is 0. The van der Waals surface area contributed by atoms with E-state index in [0.717, 1.165) is 0 Å². The number of aliphatic hydroxyl groups excluding tert-OH is 2. The molecule has 20 heavy (non-hydrogen) atoms. The highest BCUT2D eigenvalue weighted by Gasteiger charge is 2.19. The number of urea groups is 1. The third-order valence-corrected chi connectivity index (χ3v) is 2.74. The van der Waals surface area contributed by atoms with E-state index in [2.05, 4.69) is 0 Å². The average Bonchev–Trinajstić information content (AvgIpc) is 2.44. The van der Waals surface area contributed by atoms with E-state index >= 15 is 0 Å². The summed E-state index contributed by atoms with van der Waals surface area (Å²) in [5, 5.41) is 26.7. The molecule has 0 aromatic heterocycles. The van der Waals surface area contributed by atoms with Crippen molar-refractivity contribution >= 4 is 17.7 Å². The Morgan fingerprint density at radius 3 is 2.05 bits per heavy atom. The van der Waals surface area contributed by atoms with Gasteiger partial charge in [-0.05, 0) is 24.3 Å². The number of anilines is 1. The summed E-state index contributed by atoms with van der Waals surface area (Å²) in [6.45, 7) is -0.123. The molecule has 0 atom stereocenters. The lowest BCUT2D eigenvalue weighted by atomic mass is 10.2. The van der Waals surface area contributed by atoms with E-state index in [1.54, 1.807) is 0 Å². The lowest BCUT2D eigenvalue weighted by molar-refractivity contribution is 0.0697. The Morgan fingerprint density at radius 2 is 1.60 bits per heavy atom. The molecule has 0 saturated heterocycles. The van der Waals surface area contributed by atoms with Crippen LogP contribution in [0.1, 0.15) is 10.4 Å². The van der Waals surface area contributed by atoms with Crippen molar-refractivity contribution in [2.24, 2.45) is 0 Å². The standard InChI is InChI=1S/C13H18N2O5/c1-14(6-8-16)13(20)15(7-9-17)11-4-2-10(3-5-11)12(18)19/h2-5,16-17H,6-9H2,1H3,(H,18,19). The number of carboxylic acids is 1. The van der Waals surface area contributed by atoms with E-state index in [0.29, 0.717) is 5.69 Å². The molecule has 3 N–H and O–H groups in total. The Hall–Kier alpha value is -2.12. The van der Waals surface area contributed by atoms with Crippen molar-refractivity contribution in [1.29, 1.82) is 0 Å². The molecule has 7 heteroatoms. The van der Waals surface area contributed by atoms with E-state index in [-0.39, 0.29) is 37.9 Å². The molecule has 0 heterocycles. The Morgan fingerprint density at radius 1 is 1.05 bits per heavy atom. The molecule has 0 aliphatic rings. The third-order valence-electron chi connectivity index (χ3n) is 2.74. The molecule has 110 valence electrons. The van der Waals surface area contributed by atoms with Crippen molar-refractivity contribution in [3.63, 3.8) is 0 Å². The van der Waals surface area contributed by atoms with Crippen LogP contribution in [-0.4, -0.2) is 65.6 Å². The SMILES string of the molecule is CN(CCO)C(=O)N(CCO)c1ccc(C(=O)O)cc1. The van der Waals surface area contributed by atoms with Gasteiger partial charge in [0.15, 0.2) is 0 Å². The average molecular weight is 282 g/mol. The predicted molar refractivity (Wildman–Crippen MR) is 72.9 cm³/mol. The van der Waals surface area contributed by atoms with E-state index in [1.807, 2.05) is 0 Å². The molecule has 0 bridgehead atoms. The molecule has 0 aliphatic carbocycles. The van der Waals surface area contributed by atoms with Gasteiger partial charge in [-0.1, -0.05) is 0 Å². The lowest BCUT2D eigenvalue weighted by Gasteiger charge is -2.27. The Labute approximate surface area is 116 Å². The number of nitrogens with zero attached hydrogens (tertiary/aromatic N) is 2. The van der Waals surface area contributed by atoms with Gasteiger partial charge in [-0.2, -0.15) is 0 Å². The van der Waals surface area contributed by atoms with Crippen LogP contribution in [-0.2, 0) is 0 Å². The molecule has 2 amide bonds. The molecule has 0 fully saturated rings. The largest absolute Gasteiger partial charge is 0.478 e. The fraction of sp³-hybridized carbons (Fsp3) is 0.385. The molecule has 0 saturated carbocycles. The van der Waals surface area contributed by atoms with Crippen LogP contribution in [0.15, 0.2) is 24.3 Å². The molecule has 1 aromatic carbocycles. The van der Waals surface area contributed by atoms with Crippen molar-refractivity contribution in [3.05, 3.63) is 29.8 Å². The van der Waals surface area contributed by atoms with E-state index in [1.165, 1.54) is 41.1 Å². The van der Waals surface area contributed by atoms with Crippen LogP contribution < -0.4 is 4.90 Å². The molecule has 0 spiro atoms. The maximum Gasteiger partial charge on any atom is 0.335 e. The first-order chi connectivity index (χ1) is 9.51. The van der Waals surface area contributed by atoms with Crippen LogP contribution in [0.2, 0.25) is 0 Å². The molecule has 7 nitrogen and oxygen atoms in total. The summed E-state index contributed by atoms with van der Waals surface area (Å²) in [6, 6.07) is 5.41. The number of likely N-dealkylation sites (N-methyl/N-ethyl adjacent to an activating group) is 1. The summed E-state index contributed by atoms with van der Waals surface area (Å²) in [4.78, 5) is 25.6. The van der Waals surface area contributed by atoms with E-state index in [4.69, 9.17) is 15.3 Å². The van der Waals surface area contributed by atoms with Crippen molar-refractivity contribution in [2.45, 2.75) is 0 Å². The van der Waals surface area contributed by atoms with Crippen LogP contribution in [0.25, 0.3) is 0 Å². The number of carbonyl (C=O) groups is 2. The molecule has 0 unspecified atom stereocenters. The molecular weight excluding hydrogens is 264 g/mol. The summed E-state index contributed by atoms with van der Waals surface area (Å²) < 4.78 is 0. The highest BCUT2D eigenvalue weighted by molar-refractivity contribution is 5.93. The molecule has 1 rings (SSSR count). The number of amides is 2. The first-order valence-corrected chi connectivity index (χ1v) is 6.09. The monoisotopic (exact) mass is 282 g/mol. The van der Waals surface area contributed by atoms with Gasteiger partial charge in [-0.3, -0.25) is 4.90 Å². The van der Waals surface area contributed by atoms with Crippen molar-refractivity contribution in [3.8, 4) is 0 Å². The zero-order chi connectivity index (χ0) is 15.1. The number of aliphatic hydroxyl groups is 2. The molecular formula is C13H18N2O5. The number of carboxylic acid groups (broad SMARTS) is 1. The minimum absolute atomic E-state index is 0.0843. The number of benzene rings is 1. The van der Waals surface area contributed by atoms with Crippen molar-refractivity contribution in [1.82, 2.24) is 4.90 Å². The van der Waals surface area contributed by atoms with Crippen molar-refractivity contribution < 1.29 is 24.9 Å². The summed E-state index contributed by atoms with van der Waals surface area (Å²) in [7, 11) is 1.54. The number of hydrogen-bond donors (Lipinski definition) is 3. The highest BCUT2D eigenvalue weighted by Crippen LogP contribution is 2.16. The normalized spacial score (nSPS) is 10.2. The fourth-order valence-electron chi connectivity index (χ4n) is 1.67. The second kappa shape index (κ2) is 7.46. The van der Waals surface area contributed by atoms with Crippen LogP contribution in [0, 0.1) is 0 Å². The van der Waals surface area contributed by atoms with Gasteiger partial charge in [0, 0.05) is 19.3 Å². The van der Waals surface area contributed by atoms with Crippen LogP contribution in [0.5, 0.6) is 0 Å². The summed E-state index contributed by atoms with van der Waals surface area (Å²) in [5.74, 6) is -1.05. The van der Waals surface area contributed by atoms with Crippen LogP contribution >= 0.6 is 0 Å². The van der Waals surface area contributed by atoms with Gasteiger partial charge in [0.25, 0.3) is 0 Å². The summed E-state index contributed by atoms with van der Waals surface area (Å²) >= 11 is 0. The third kappa shape index (κ3) is 3.94. The van der Waals surface area contributed by atoms with Gasteiger partial charge in [0.2, 0.25) is 0 Å². The predicted octanol–water partition coefficient (Wildman–Crippen LogP) is 0.228. The van der Waals surface area contributed by atoms with E-state index in [9.17, 15) is 9.59 Å². The van der Waals surface area contributed by atoms with Gasteiger partial charge in [-0.15, -0.1) is 0 Å². The summed E-state index contributed by atoms with van der Waals surface area (Å²) in [5.41, 5.74) is 0.604. The van der Waals surface area contributed by atoms with Crippen molar-refractivity contribution in [2.75, 3.05) is 38.3 Å².